The third-order valence-electron chi connectivity index (χ3n) is 3.59. The van der Waals surface area contributed by atoms with Gasteiger partial charge in [-0.3, -0.25) is 4.79 Å². The molecule has 1 aliphatic rings. The molecule has 0 radical (unpaired) electrons. The highest BCUT2D eigenvalue weighted by Crippen LogP contribution is 2.20. The van der Waals surface area contributed by atoms with Crippen LogP contribution in [0, 0.1) is 0 Å². The summed E-state index contributed by atoms with van der Waals surface area (Å²) in [4.78, 5) is 15.1. The lowest BCUT2D eigenvalue weighted by atomic mass is 10.1. The van der Waals surface area contributed by atoms with Gasteiger partial charge in [0, 0.05) is 18.1 Å². The fraction of sp³-hybridized carbons (Fsp3) is 0.400. The summed E-state index contributed by atoms with van der Waals surface area (Å²) in [5.41, 5.74) is 0.417. The number of carbonyl (C=O) groups excluding carboxylic acids is 1. The minimum Gasteiger partial charge on any atom is -0.488 e. The maximum absolute atomic E-state index is 12.5. The second kappa shape index (κ2) is 7.07. The molecule has 3 rings (SSSR count). The molecular formula is C15H16ClN3O2S. The van der Waals surface area contributed by atoms with Crippen LogP contribution in [0.4, 0.5) is 0 Å². The summed E-state index contributed by atoms with van der Waals surface area (Å²) in [6, 6.07) is 7.12. The van der Waals surface area contributed by atoms with Crippen LogP contribution in [0.25, 0.3) is 0 Å². The van der Waals surface area contributed by atoms with Crippen molar-refractivity contribution in [1.29, 1.82) is 0 Å². The third kappa shape index (κ3) is 3.56. The number of benzene rings is 1. The topological polar surface area (TPSA) is 55.3 Å². The van der Waals surface area contributed by atoms with Crippen LogP contribution < -0.4 is 4.74 Å². The number of piperidine rings is 1. The van der Waals surface area contributed by atoms with Crippen LogP contribution in [0.1, 0.15) is 34.6 Å². The van der Waals surface area contributed by atoms with E-state index in [1.54, 1.807) is 24.3 Å². The Bertz CT molecular complexity index is 638. The molecule has 1 fully saturated rings. The Morgan fingerprint density at radius 3 is 2.68 bits per heavy atom. The number of rotatable bonds is 4. The van der Waals surface area contributed by atoms with Gasteiger partial charge in [-0.05, 0) is 55.1 Å². The summed E-state index contributed by atoms with van der Waals surface area (Å²) >= 11 is 7.05. The Morgan fingerprint density at radius 1 is 1.23 bits per heavy atom. The molecule has 1 aliphatic heterocycles. The van der Waals surface area contributed by atoms with E-state index in [-0.39, 0.29) is 12.5 Å². The molecule has 0 aliphatic carbocycles. The average molecular weight is 338 g/mol. The quantitative estimate of drug-likeness (QED) is 0.858. The minimum absolute atomic E-state index is 0.0387. The van der Waals surface area contributed by atoms with E-state index in [1.807, 2.05) is 4.90 Å². The molecule has 22 heavy (non-hydrogen) atoms. The van der Waals surface area contributed by atoms with Gasteiger partial charge in [0.1, 0.15) is 12.4 Å². The van der Waals surface area contributed by atoms with Gasteiger partial charge in [-0.2, -0.15) is 0 Å². The van der Waals surface area contributed by atoms with Crippen molar-refractivity contribution in [3.8, 4) is 5.75 Å². The number of hydrogen-bond donors (Lipinski definition) is 0. The van der Waals surface area contributed by atoms with Gasteiger partial charge in [0.05, 0.1) is 4.88 Å². The molecular weight excluding hydrogens is 322 g/mol. The molecule has 1 aromatic heterocycles. The number of aromatic nitrogens is 2. The minimum atomic E-state index is -0.0387. The summed E-state index contributed by atoms with van der Waals surface area (Å²) in [6.07, 6.45) is 3.30. The molecule has 2 heterocycles. The Morgan fingerprint density at radius 2 is 1.95 bits per heavy atom. The Balaban J connectivity index is 1.66. The van der Waals surface area contributed by atoms with E-state index in [9.17, 15) is 4.79 Å². The number of amides is 1. The Hall–Kier alpha value is -1.66. The lowest BCUT2D eigenvalue weighted by Crippen LogP contribution is -2.36. The normalized spacial score (nSPS) is 14.9. The molecule has 116 valence electrons. The van der Waals surface area contributed by atoms with Crippen molar-refractivity contribution in [2.75, 3.05) is 13.1 Å². The summed E-state index contributed by atoms with van der Waals surface area (Å²) in [7, 11) is 0. The maximum Gasteiger partial charge on any atom is 0.275 e. The van der Waals surface area contributed by atoms with Crippen LogP contribution in [-0.4, -0.2) is 33.5 Å². The smallest absolute Gasteiger partial charge is 0.275 e. The monoisotopic (exact) mass is 337 g/mol. The zero-order valence-electron chi connectivity index (χ0n) is 12.0. The molecule has 2 aromatic rings. The van der Waals surface area contributed by atoms with Crippen molar-refractivity contribution in [1.82, 2.24) is 14.5 Å². The van der Waals surface area contributed by atoms with E-state index in [1.165, 1.54) is 18.0 Å². The van der Waals surface area contributed by atoms with Gasteiger partial charge in [0.25, 0.3) is 5.91 Å². The average Bonchev–Trinajstić information content (AvgIpc) is 3.03. The van der Waals surface area contributed by atoms with Crippen molar-refractivity contribution >= 4 is 29.0 Å². The number of likely N-dealkylation sites (tertiary alicyclic amines) is 1. The predicted molar refractivity (Wildman–Crippen MR) is 85.4 cm³/mol. The molecule has 1 aromatic carbocycles. The van der Waals surface area contributed by atoms with Gasteiger partial charge in [-0.25, -0.2) is 0 Å². The molecule has 0 saturated carbocycles. The Labute approximate surface area is 138 Å². The number of ether oxygens (including phenoxy) is 1. The van der Waals surface area contributed by atoms with Gasteiger partial charge in [0.15, 0.2) is 5.69 Å². The lowest BCUT2D eigenvalue weighted by Gasteiger charge is -2.26. The molecule has 0 unspecified atom stereocenters. The molecule has 5 nitrogen and oxygen atoms in total. The van der Waals surface area contributed by atoms with Crippen molar-refractivity contribution in [3.63, 3.8) is 0 Å². The maximum atomic E-state index is 12.5. The van der Waals surface area contributed by atoms with Gasteiger partial charge < -0.3 is 9.64 Å². The summed E-state index contributed by atoms with van der Waals surface area (Å²) < 4.78 is 9.59. The first-order chi connectivity index (χ1) is 10.7. The lowest BCUT2D eigenvalue weighted by molar-refractivity contribution is 0.0715. The fourth-order valence-corrected chi connectivity index (χ4v) is 3.07. The Kier molecular flexibility index (Phi) is 4.90. The van der Waals surface area contributed by atoms with Crippen molar-refractivity contribution in [3.05, 3.63) is 39.9 Å². The van der Waals surface area contributed by atoms with E-state index in [4.69, 9.17) is 16.3 Å². The highest BCUT2D eigenvalue weighted by atomic mass is 35.5. The van der Waals surface area contributed by atoms with Gasteiger partial charge >= 0.3 is 0 Å². The largest absolute Gasteiger partial charge is 0.488 e. The zero-order valence-corrected chi connectivity index (χ0v) is 13.6. The molecule has 0 atom stereocenters. The molecule has 7 heteroatoms. The first-order valence-electron chi connectivity index (χ1n) is 7.23. The first kappa shape index (κ1) is 15.2. The number of nitrogens with zero attached hydrogens (tertiary/aromatic N) is 3. The summed E-state index contributed by atoms with van der Waals surface area (Å²) in [5, 5.41) is 4.65. The van der Waals surface area contributed by atoms with E-state index in [0.29, 0.717) is 16.5 Å². The van der Waals surface area contributed by atoms with Crippen LogP contribution in [0.3, 0.4) is 0 Å². The van der Waals surface area contributed by atoms with E-state index in [2.05, 4.69) is 9.59 Å². The van der Waals surface area contributed by atoms with E-state index >= 15 is 0 Å². The highest BCUT2D eigenvalue weighted by Gasteiger charge is 2.24. The molecule has 0 spiro atoms. The third-order valence-corrected chi connectivity index (χ3v) is 4.53. The summed E-state index contributed by atoms with van der Waals surface area (Å²) in [5.74, 6) is 0.664. The SMILES string of the molecule is O=C(c1nnsc1COc1ccc(Cl)cc1)N1CCCCC1. The molecule has 1 saturated heterocycles. The number of carbonyl (C=O) groups is 1. The van der Waals surface area contributed by atoms with E-state index in [0.717, 1.165) is 30.8 Å². The van der Waals surface area contributed by atoms with Crippen LogP contribution in [-0.2, 0) is 6.61 Å². The van der Waals surface area contributed by atoms with Crippen molar-refractivity contribution < 1.29 is 9.53 Å². The van der Waals surface area contributed by atoms with Gasteiger partial charge in [-0.15, -0.1) is 5.10 Å². The summed E-state index contributed by atoms with van der Waals surface area (Å²) in [6.45, 7) is 1.88. The van der Waals surface area contributed by atoms with Gasteiger partial charge in [-0.1, -0.05) is 16.1 Å². The number of hydrogen-bond acceptors (Lipinski definition) is 5. The molecule has 0 bridgehead atoms. The highest BCUT2D eigenvalue weighted by molar-refractivity contribution is 7.05. The standard InChI is InChI=1S/C15H16ClN3O2S/c16-11-4-6-12(7-5-11)21-10-13-14(17-18-22-13)15(20)19-8-2-1-3-9-19/h4-7H,1-3,8-10H2. The fourth-order valence-electron chi connectivity index (χ4n) is 2.39. The van der Waals surface area contributed by atoms with Crippen molar-refractivity contribution in [2.24, 2.45) is 0 Å². The van der Waals surface area contributed by atoms with Gasteiger partial charge in [0.2, 0.25) is 0 Å². The van der Waals surface area contributed by atoms with Crippen LogP contribution in [0.15, 0.2) is 24.3 Å². The van der Waals surface area contributed by atoms with Crippen LogP contribution in [0.5, 0.6) is 5.75 Å². The van der Waals surface area contributed by atoms with Crippen LogP contribution >= 0.6 is 23.1 Å². The number of halogens is 1. The van der Waals surface area contributed by atoms with E-state index < -0.39 is 0 Å². The second-order valence-corrected chi connectivity index (χ2v) is 6.42. The predicted octanol–water partition coefficient (Wildman–Crippen LogP) is 3.40. The molecule has 1 amide bonds. The molecule has 0 N–H and O–H groups in total. The first-order valence-corrected chi connectivity index (χ1v) is 8.38. The van der Waals surface area contributed by atoms with Crippen molar-refractivity contribution in [2.45, 2.75) is 25.9 Å². The second-order valence-electron chi connectivity index (χ2n) is 5.14. The van der Waals surface area contributed by atoms with Crippen LogP contribution in [0.2, 0.25) is 5.02 Å². The zero-order chi connectivity index (χ0) is 15.4.